The lowest BCUT2D eigenvalue weighted by molar-refractivity contribution is -0.597. The highest BCUT2D eigenvalue weighted by Gasteiger charge is 2.20. The van der Waals surface area contributed by atoms with E-state index in [0.717, 1.165) is 27.7 Å². The maximum Gasteiger partial charge on any atom is 0.256 e. The Morgan fingerprint density at radius 1 is 1.03 bits per heavy atom. The summed E-state index contributed by atoms with van der Waals surface area (Å²) in [5.41, 5.74) is 2.69. The molecule has 0 N–H and O–H groups in total. The fourth-order valence-electron chi connectivity index (χ4n) is 3.56. The van der Waals surface area contributed by atoms with Crippen LogP contribution in [0, 0.1) is 6.92 Å². The van der Waals surface area contributed by atoms with Crippen LogP contribution >= 0.6 is 23.4 Å². The molecule has 6 nitrogen and oxygen atoms in total. The largest absolute Gasteiger partial charge is 0.493 e. The van der Waals surface area contributed by atoms with E-state index in [1.54, 1.807) is 26.0 Å². The van der Waals surface area contributed by atoms with E-state index in [4.69, 9.17) is 21.1 Å². The number of hydrogen-bond acceptors (Lipinski definition) is 5. The molecule has 4 rings (SSSR count). The molecule has 2 aromatic carbocycles. The van der Waals surface area contributed by atoms with Crippen LogP contribution in [0.15, 0.2) is 47.6 Å². The van der Waals surface area contributed by atoms with E-state index >= 15 is 0 Å². The summed E-state index contributed by atoms with van der Waals surface area (Å²) >= 11 is 8.23. The monoisotopic (exact) mass is 454 g/mol. The van der Waals surface area contributed by atoms with Crippen LogP contribution in [0.25, 0.3) is 28.0 Å². The van der Waals surface area contributed by atoms with Crippen molar-refractivity contribution < 1.29 is 14.0 Å². The Hall–Kier alpha value is -2.77. The summed E-state index contributed by atoms with van der Waals surface area (Å²) in [6.45, 7) is 6.22. The number of halogens is 1. The third kappa shape index (κ3) is 4.07. The van der Waals surface area contributed by atoms with Gasteiger partial charge in [-0.2, -0.15) is 4.98 Å². The molecule has 8 heteroatoms. The van der Waals surface area contributed by atoms with Crippen LogP contribution in [0.2, 0.25) is 5.02 Å². The molecule has 31 heavy (non-hydrogen) atoms. The number of nitrogens with zero attached hydrogens (tertiary/aromatic N) is 4. The van der Waals surface area contributed by atoms with Crippen molar-refractivity contribution in [3.8, 4) is 28.7 Å². The van der Waals surface area contributed by atoms with Gasteiger partial charge in [-0.25, -0.2) is 0 Å². The van der Waals surface area contributed by atoms with E-state index in [-0.39, 0.29) is 0 Å². The molecule has 0 aliphatic rings. The van der Waals surface area contributed by atoms with Crippen molar-refractivity contribution in [2.45, 2.75) is 31.2 Å². The van der Waals surface area contributed by atoms with Crippen LogP contribution < -0.4 is 19.0 Å². The first-order valence-corrected chi connectivity index (χ1v) is 11.1. The van der Waals surface area contributed by atoms with Crippen LogP contribution in [-0.4, -0.2) is 29.7 Å². The molecule has 0 unspecified atom stereocenters. The van der Waals surface area contributed by atoms with Gasteiger partial charge in [0, 0.05) is 26.9 Å². The van der Waals surface area contributed by atoms with Crippen molar-refractivity contribution in [1.82, 2.24) is 15.2 Å². The minimum atomic E-state index is 0.361. The second-order valence-corrected chi connectivity index (χ2v) is 9.26. The maximum atomic E-state index is 6.65. The van der Waals surface area contributed by atoms with Crippen molar-refractivity contribution in [2.75, 3.05) is 14.2 Å². The molecule has 2 aromatic heterocycles. The van der Waals surface area contributed by atoms with E-state index in [2.05, 4.69) is 35.1 Å². The summed E-state index contributed by atoms with van der Waals surface area (Å²) in [6, 6.07) is 13.7. The summed E-state index contributed by atoms with van der Waals surface area (Å²) in [4.78, 5) is 4.69. The quantitative estimate of drug-likeness (QED) is 0.301. The van der Waals surface area contributed by atoms with Gasteiger partial charge in [0.15, 0.2) is 11.5 Å². The van der Waals surface area contributed by atoms with Gasteiger partial charge in [0.05, 0.1) is 19.9 Å². The smallest absolute Gasteiger partial charge is 0.256 e. The van der Waals surface area contributed by atoms with Gasteiger partial charge in [0.25, 0.3) is 5.95 Å². The van der Waals surface area contributed by atoms with E-state index in [1.807, 2.05) is 47.9 Å². The summed E-state index contributed by atoms with van der Waals surface area (Å²) in [5.74, 6) is 1.81. The Labute approximate surface area is 190 Å². The Morgan fingerprint density at radius 2 is 1.74 bits per heavy atom. The predicted molar refractivity (Wildman–Crippen MR) is 124 cm³/mol. The molecular weight excluding hydrogens is 432 g/mol. The minimum absolute atomic E-state index is 0.361. The number of aryl methyl sites for hydroxylation is 1. The molecular formula is C23H23ClN4O2S. The second kappa shape index (κ2) is 8.77. The third-order valence-corrected chi connectivity index (χ3v) is 6.03. The minimum Gasteiger partial charge on any atom is -0.493 e. The lowest BCUT2D eigenvalue weighted by atomic mass is 10.0. The Morgan fingerprint density at radius 3 is 2.42 bits per heavy atom. The fourth-order valence-corrected chi connectivity index (χ4v) is 4.42. The van der Waals surface area contributed by atoms with E-state index in [9.17, 15) is 0 Å². The van der Waals surface area contributed by atoms with Crippen molar-refractivity contribution in [2.24, 2.45) is 0 Å². The van der Waals surface area contributed by atoms with Crippen molar-refractivity contribution in [3.05, 3.63) is 53.2 Å². The average molecular weight is 455 g/mol. The van der Waals surface area contributed by atoms with Crippen molar-refractivity contribution in [3.63, 3.8) is 0 Å². The second-order valence-electron chi connectivity index (χ2n) is 7.31. The van der Waals surface area contributed by atoms with Crippen LogP contribution in [0.5, 0.6) is 11.5 Å². The summed E-state index contributed by atoms with van der Waals surface area (Å²) in [5, 5.41) is 12.2. The van der Waals surface area contributed by atoms with Gasteiger partial charge in [-0.1, -0.05) is 55.4 Å². The predicted octanol–water partition coefficient (Wildman–Crippen LogP) is 5.01. The van der Waals surface area contributed by atoms with Crippen LogP contribution in [0.4, 0.5) is 0 Å². The molecule has 0 atom stereocenters. The van der Waals surface area contributed by atoms with E-state index < -0.39 is 0 Å². The van der Waals surface area contributed by atoms with Gasteiger partial charge in [0.1, 0.15) is 0 Å². The number of rotatable bonds is 6. The maximum absolute atomic E-state index is 6.65. The zero-order chi connectivity index (χ0) is 22.1. The number of pyridine rings is 1. The highest BCUT2D eigenvalue weighted by atomic mass is 35.5. The Kier molecular flexibility index (Phi) is 6.07. The van der Waals surface area contributed by atoms with E-state index in [1.165, 1.54) is 0 Å². The molecule has 0 aliphatic heterocycles. The lowest BCUT2D eigenvalue weighted by Crippen LogP contribution is -2.39. The van der Waals surface area contributed by atoms with Crippen molar-refractivity contribution in [1.29, 1.82) is 0 Å². The van der Waals surface area contributed by atoms with E-state index in [0.29, 0.717) is 32.9 Å². The Balaban J connectivity index is 2.08. The standard InChI is InChI=1S/C23H23ClN4O2S/c1-13(2)31-23-25-22(26-27-23)28-14(3)10-15-11-19(29-4)20(30-5)12-17(15)21(28)16-8-6-7-9-18(16)24/h6-13H,1-5H3. The molecule has 0 spiro atoms. The van der Waals surface area contributed by atoms with Gasteiger partial charge in [0.2, 0.25) is 5.16 Å². The SMILES string of the molecule is COc1cc2cc(C)[n+](-c3nnc(SC(C)C)[n-]3)c(-c3ccccc3Cl)c2cc1OC. The number of hydrogen-bond donors (Lipinski definition) is 0. The zero-order valence-electron chi connectivity index (χ0n) is 18.0. The average Bonchev–Trinajstić information content (AvgIpc) is 3.19. The molecule has 0 amide bonds. The topological polar surface area (TPSA) is 62.2 Å². The highest BCUT2D eigenvalue weighted by molar-refractivity contribution is 7.99. The molecule has 0 fully saturated rings. The fraction of sp³-hybridized carbons (Fsp3) is 0.261. The molecule has 0 radical (unpaired) electrons. The number of aromatic nitrogens is 4. The third-order valence-electron chi connectivity index (χ3n) is 4.84. The van der Waals surface area contributed by atoms with Gasteiger partial charge < -0.3 is 9.47 Å². The number of thioether (sulfide) groups is 1. The van der Waals surface area contributed by atoms with Gasteiger partial charge in [-0.3, -0.25) is 4.57 Å². The number of methoxy groups -OCH3 is 2. The molecule has 0 aliphatic carbocycles. The first-order chi connectivity index (χ1) is 14.9. The molecule has 0 bridgehead atoms. The highest BCUT2D eigenvalue weighted by Crippen LogP contribution is 2.38. The van der Waals surface area contributed by atoms with Crippen LogP contribution in [0.1, 0.15) is 19.5 Å². The number of fused-ring (bicyclic) bond motifs is 1. The lowest BCUT2D eigenvalue weighted by Gasteiger charge is -2.20. The molecule has 0 saturated heterocycles. The summed E-state index contributed by atoms with van der Waals surface area (Å²) < 4.78 is 13.1. The van der Waals surface area contributed by atoms with Crippen LogP contribution in [0.3, 0.4) is 0 Å². The Bertz CT molecular complexity index is 1260. The molecule has 0 saturated carbocycles. The van der Waals surface area contributed by atoms with Gasteiger partial charge in [-0.05, 0) is 36.6 Å². The normalized spacial score (nSPS) is 11.3. The zero-order valence-corrected chi connectivity index (χ0v) is 19.6. The van der Waals surface area contributed by atoms with Gasteiger partial charge in [-0.15, -0.1) is 10.2 Å². The first kappa shape index (κ1) is 21.5. The van der Waals surface area contributed by atoms with Crippen LogP contribution in [-0.2, 0) is 0 Å². The molecule has 2 heterocycles. The summed E-state index contributed by atoms with van der Waals surface area (Å²) in [6.07, 6.45) is 0. The van der Waals surface area contributed by atoms with Gasteiger partial charge >= 0.3 is 0 Å². The number of benzene rings is 2. The molecule has 4 aromatic rings. The molecule has 160 valence electrons. The van der Waals surface area contributed by atoms with Crippen molar-refractivity contribution >= 4 is 34.1 Å². The first-order valence-electron chi connectivity index (χ1n) is 9.83. The summed E-state index contributed by atoms with van der Waals surface area (Å²) in [7, 11) is 3.26. The number of ether oxygens (including phenoxy) is 2.